The predicted molar refractivity (Wildman–Crippen MR) is 89.6 cm³/mol. The number of hydrogen-bond donors (Lipinski definition) is 2. The van der Waals surface area contributed by atoms with Crippen LogP contribution in [0.1, 0.15) is 18.2 Å². The van der Waals surface area contributed by atoms with E-state index < -0.39 is 23.4 Å². The number of amides is 4. The van der Waals surface area contributed by atoms with E-state index in [9.17, 15) is 14.4 Å². The van der Waals surface area contributed by atoms with Gasteiger partial charge >= 0.3 is 6.03 Å². The molecule has 130 valence electrons. The third kappa shape index (κ3) is 3.36. The third-order valence-electron chi connectivity index (χ3n) is 4.04. The number of nitrogens with zero attached hydrogens (tertiary/aromatic N) is 1. The van der Waals surface area contributed by atoms with Crippen molar-refractivity contribution in [1.29, 1.82) is 0 Å². The van der Waals surface area contributed by atoms with Crippen molar-refractivity contribution in [3.05, 3.63) is 59.0 Å². The van der Waals surface area contributed by atoms with Gasteiger partial charge in [0.25, 0.3) is 5.91 Å². The maximum absolute atomic E-state index is 12.7. The van der Waals surface area contributed by atoms with E-state index in [2.05, 4.69) is 10.6 Å². The molecule has 1 fully saturated rings. The standard InChI is InChI=1S/C17H16ClN3O4/c1-17(11-4-6-12(18)7-5-11)15(23)21(16(24)20-17)10-14(22)19-9-13-3-2-8-25-13/h2-8H,9-10H2,1H3,(H,19,22)(H,20,24). The van der Waals surface area contributed by atoms with E-state index in [1.807, 2.05) is 0 Å². The van der Waals surface area contributed by atoms with Gasteiger partial charge in [0.05, 0.1) is 12.8 Å². The van der Waals surface area contributed by atoms with E-state index in [4.69, 9.17) is 16.0 Å². The molecule has 0 aliphatic carbocycles. The van der Waals surface area contributed by atoms with Gasteiger partial charge in [0.15, 0.2) is 0 Å². The Morgan fingerprint density at radius 1 is 1.28 bits per heavy atom. The quantitative estimate of drug-likeness (QED) is 0.797. The number of nitrogens with one attached hydrogen (secondary N) is 2. The minimum Gasteiger partial charge on any atom is -0.467 e. The minimum atomic E-state index is -1.23. The van der Waals surface area contributed by atoms with Crippen molar-refractivity contribution in [2.24, 2.45) is 0 Å². The fourth-order valence-corrected chi connectivity index (χ4v) is 2.74. The summed E-state index contributed by atoms with van der Waals surface area (Å²) in [6.07, 6.45) is 1.50. The van der Waals surface area contributed by atoms with Crippen LogP contribution in [0.4, 0.5) is 4.79 Å². The number of halogens is 1. The second-order valence-electron chi connectivity index (χ2n) is 5.81. The second-order valence-corrected chi connectivity index (χ2v) is 6.25. The van der Waals surface area contributed by atoms with Crippen molar-refractivity contribution in [3.8, 4) is 0 Å². The van der Waals surface area contributed by atoms with Gasteiger partial charge in [-0.3, -0.25) is 14.5 Å². The van der Waals surface area contributed by atoms with Crippen LogP contribution in [-0.4, -0.2) is 29.3 Å². The molecule has 3 rings (SSSR count). The molecule has 1 aliphatic rings. The van der Waals surface area contributed by atoms with Crippen LogP contribution >= 0.6 is 11.6 Å². The molecule has 1 aromatic heterocycles. The lowest BCUT2D eigenvalue weighted by atomic mass is 9.92. The van der Waals surface area contributed by atoms with Crippen LogP contribution < -0.4 is 10.6 Å². The molecule has 1 aromatic carbocycles. The number of carbonyl (C=O) groups excluding carboxylic acids is 3. The molecule has 0 bridgehead atoms. The number of urea groups is 1. The van der Waals surface area contributed by atoms with Crippen LogP contribution in [0.3, 0.4) is 0 Å². The van der Waals surface area contributed by atoms with Gasteiger partial charge < -0.3 is 15.1 Å². The molecule has 0 radical (unpaired) electrons. The SMILES string of the molecule is CC1(c2ccc(Cl)cc2)NC(=O)N(CC(=O)NCc2ccco2)C1=O. The summed E-state index contributed by atoms with van der Waals surface area (Å²) < 4.78 is 5.11. The average molecular weight is 362 g/mol. The van der Waals surface area contributed by atoms with Gasteiger partial charge in [-0.1, -0.05) is 23.7 Å². The number of imide groups is 1. The first-order valence-corrected chi connectivity index (χ1v) is 7.97. The first kappa shape index (κ1) is 17.0. The number of hydrogen-bond acceptors (Lipinski definition) is 4. The monoisotopic (exact) mass is 361 g/mol. The molecular formula is C17H16ClN3O4. The van der Waals surface area contributed by atoms with E-state index in [0.29, 0.717) is 16.3 Å². The zero-order valence-electron chi connectivity index (χ0n) is 13.4. The summed E-state index contributed by atoms with van der Waals surface area (Å²) in [6.45, 7) is 1.41. The summed E-state index contributed by atoms with van der Waals surface area (Å²) in [7, 11) is 0. The molecule has 1 atom stereocenters. The van der Waals surface area contributed by atoms with Gasteiger partial charge in [-0.15, -0.1) is 0 Å². The van der Waals surface area contributed by atoms with Gasteiger partial charge in [-0.2, -0.15) is 0 Å². The Morgan fingerprint density at radius 3 is 2.64 bits per heavy atom. The van der Waals surface area contributed by atoms with Crippen molar-refractivity contribution in [1.82, 2.24) is 15.5 Å². The first-order chi connectivity index (χ1) is 11.9. The third-order valence-corrected chi connectivity index (χ3v) is 4.29. The summed E-state index contributed by atoms with van der Waals surface area (Å²) in [5.41, 5.74) is -0.642. The Labute approximate surface area is 148 Å². The maximum Gasteiger partial charge on any atom is 0.325 e. The van der Waals surface area contributed by atoms with Crippen molar-refractivity contribution in [3.63, 3.8) is 0 Å². The number of carbonyl (C=O) groups is 3. The summed E-state index contributed by atoms with van der Waals surface area (Å²) in [5, 5.41) is 5.77. The van der Waals surface area contributed by atoms with Crippen LogP contribution in [-0.2, 0) is 21.7 Å². The van der Waals surface area contributed by atoms with Crippen LogP contribution in [0, 0.1) is 0 Å². The average Bonchev–Trinajstić information content (AvgIpc) is 3.17. The van der Waals surface area contributed by atoms with Gasteiger partial charge in [-0.05, 0) is 36.8 Å². The van der Waals surface area contributed by atoms with Gasteiger partial charge in [0, 0.05) is 5.02 Å². The Hall–Kier alpha value is -2.80. The van der Waals surface area contributed by atoms with E-state index in [1.165, 1.54) is 6.26 Å². The normalized spacial score (nSPS) is 19.8. The highest BCUT2D eigenvalue weighted by Gasteiger charge is 2.49. The van der Waals surface area contributed by atoms with Gasteiger partial charge in [0.2, 0.25) is 5.91 Å². The number of benzene rings is 1. The van der Waals surface area contributed by atoms with Crippen molar-refractivity contribution in [2.45, 2.75) is 19.0 Å². The van der Waals surface area contributed by atoms with Crippen LogP contribution in [0.5, 0.6) is 0 Å². The molecule has 0 saturated carbocycles. The molecule has 1 saturated heterocycles. The zero-order chi connectivity index (χ0) is 18.0. The molecule has 1 aliphatic heterocycles. The van der Waals surface area contributed by atoms with Crippen molar-refractivity contribution < 1.29 is 18.8 Å². The van der Waals surface area contributed by atoms with Crippen molar-refractivity contribution >= 4 is 29.4 Å². The molecular weight excluding hydrogens is 346 g/mol. The highest BCUT2D eigenvalue weighted by atomic mass is 35.5. The lowest BCUT2D eigenvalue weighted by Gasteiger charge is -2.22. The molecule has 2 N–H and O–H groups in total. The Morgan fingerprint density at radius 2 is 2.00 bits per heavy atom. The first-order valence-electron chi connectivity index (χ1n) is 7.59. The van der Waals surface area contributed by atoms with Crippen molar-refractivity contribution in [2.75, 3.05) is 6.54 Å². The molecule has 1 unspecified atom stereocenters. The lowest BCUT2D eigenvalue weighted by Crippen LogP contribution is -2.43. The zero-order valence-corrected chi connectivity index (χ0v) is 14.2. The molecule has 2 aromatic rings. The molecule has 0 spiro atoms. The van der Waals surface area contributed by atoms with Gasteiger partial charge in [-0.25, -0.2) is 4.79 Å². The molecule has 8 heteroatoms. The van der Waals surface area contributed by atoms with Crippen LogP contribution in [0.15, 0.2) is 47.1 Å². The van der Waals surface area contributed by atoms with Gasteiger partial charge in [0.1, 0.15) is 17.8 Å². The fourth-order valence-electron chi connectivity index (χ4n) is 2.62. The largest absolute Gasteiger partial charge is 0.467 e. The lowest BCUT2D eigenvalue weighted by molar-refractivity contribution is -0.134. The Balaban J connectivity index is 1.68. The predicted octanol–water partition coefficient (Wildman–Crippen LogP) is 2.02. The number of furan rings is 1. The summed E-state index contributed by atoms with van der Waals surface area (Å²) >= 11 is 5.86. The van der Waals surface area contributed by atoms with E-state index in [0.717, 1.165) is 4.90 Å². The maximum atomic E-state index is 12.7. The van der Waals surface area contributed by atoms with E-state index in [-0.39, 0.29) is 13.1 Å². The molecule has 25 heavy (non-hydrogen) atoms. The summed E-state index contributed by atoms with van der Waals surface area (Å²) in [4.78, 5) is 37.8. The number of rotatable bonds is 5. The second kappa shape index (κ2) is 6.60. The Kier molecular flexibility index (Phi) is 4.50. The molecule has 4 amide bonds. The molecule has 2 heterocycles. The molecule has 7 nitrogen and oxygen atoms in total. The topological polar surface area (TPSA) is 91.7 Å². The fraction of sp³-hybridized carbons (Fsp3) is 0.235. The summed E-state index contributed by atoms with van der Waals surface area (Å²) in [5.74, 6) is -0.371. The smallest absolute Gasteiger partial charge is 0.325 e. The van der Waals surface area contributed by atoms with Crippen LogP contribution in [0.2, 0.25) is 5.02 Å². The summed E-state index contributed by atoms with van der Waals surface area (Å²) in [6, 6.07) is 9.42. The highest BCUT2D eigenvalue weighted by molar-refractivity contribution is 6.30. The van der Waals surface area contributed by atoms with Crippen LogP contribution in [0.25, 0.3) is 0 Å². The van der Waals surface area contributed by atoms with E-state index >= 15 is 0 Å². The highest BCUT2D eigenvalue weighted by Crippen LogP contribution is 2.29. The van der Waals surface area contributed by atoms with E-state index in [1.54, 1.807) is 43.3 Å². The minimum absolute atomic E-state index is 0.184. The Bertz CT molecular complexity index is 804.